The fraction of sp³-hybridized carbons (Fsp3) is 0.500. The van der Waals surface area contributed by atoms with Crippen LogP contribution in [0.1, 0.15) is 32.6 Å². The molecule has 0 amide bonds. The Kier molecular flexibility index (Phi) is 5.89. The Morgan fingerprint density at radius 2 is 2.08 bits per heavy atom. The Hall–Kier alpha value is -3.14. The van der Waals surface area contributed by atoms with Crippen molar-refractivity contribution in [1.82, 2.24) is 14.5 Å². The lowest BCUT2D eigenvalue weighted by molar-refractivity contribution is -0.0653. The molecule has 0 spiro atoms. The number of aromatic nitrogens is 3. The number of fused-ring (bicyclic) bond motifs is 3. The van der Waals surface area contributed by atoms with E-state index in [1.54, 1.807) is 16.5 Å². The minimum atomic E-state index is -2.69. The first kappa shape index (κ1) is 24.2. The predicted molar refractivity (Wildman–Crippen MR) is 141 cm³/mol. The molecule has 0 radical (unpaired) electrons. The maximum absolute atomic E-state index is 14.0. The summed E-state index contributed by atoms with van der Waals surface area (Å²) in [6.45, 7) is 2.37. The van der Waals surface area contributed by atoms with Gasteiger partial charge in [-0.05, 0) is 37.0 Å². The Bertz CT molecular complexity index is 1430. The van der Waals surface area contributed by atoms with Crippen LogP contribution in [0.25, 0.3) is 10.9 Å². The number of halogens is 3. The number of nitrogens with zero attached hydrogens (tertiary/aromatic N) is 4. The Morgan fingerprint density at radius 1 is 1.27 bits per heavy atom. The summed E-state index contributed by atoms with van der Waals surface area (Å²) in [5.41, 5.74) is 2.04. The van der Waals surface area contributed by atoms with E-state index in [2.05, 4.69) is 20.6 Å². The van der Waals surface area contributed by atoms with Crippen molar-refractivity contribution in [2.75, 3.05) is 35.2 Å². The van der Waals surface area contributed by atoms with Crippen molar-refractivity contribution in [1.29, 1.82) is 0 Å². The van der Waals surface area contributed by atoms with E-state index < -0.39 is 11.8 Å². The van der Waals surface area contributed by atoms with Gasteiger partial charge in [-0.3, -0.25) is 4.79 Å². The van der Waals surface area contributed by atoms with Crippen molar-refractivity contribution < 1.29 is 13.5 Å². The molecule has 1 aliphatic carbocycles. The molecule has 2 fully saturated rings. The first-order valence-corrected chi connectivity index (χ1v) is 13.1. The van der Waals surface area contributed by atoms with Crippen molar-refractivity contribution in [3.63, 3.8) is 0 Å². The number of benzene rings is 1. The van der Waals surface area contributed by atoms with Crippen LogP contribution in [-0.4, -0.2) is 46.2 Å². The summed E-state index contributed by atoms with van der Waals surface area (Å²) in [5, 5.41) is 8.04. The van der Waals surface area contributed by atoms with Crippen LogP contribution in [0.3, 0.4) is 0 Å². The average Bonchev–Trinajstić information content (AvgIpc) is 3.72. The molecule has 1 saturated heterocycles. The number of anilines is 4. The SMILES string of the molecule is CC1CN(c2ncc(Cl)c(Nc3ccc4c(c3)c3c(c(=O)n4C)OCCC(C4CC4)N3)n2)CCC1(F)F. The Labute approximate surface area is 218 Å². The van der Waals surface area contributed by atoms with Crippen LogP contribution in [0.15, 0.2) is 29.2 Å². The number of hydrogen-bond donors (Lipinski definition) is 2. The first-order chi connectivity index (χ1) is 17.7. The van der Waals surface area contributed by atoms with Gasteiger partial charge >= 0.3 is 0 Å². The van der Waals surface area contributed by atoms with E-state index in [1.165, 1.54) is 26.0 Å². The fourth-order valence-corrected chi connectivity index (χ4v) is 5.41. The van der Waals surface area contributed by atoms with E-state index in [4.69, 9.17) is 16.3 Å². The van der Waals surface area contributed by atoms with Crippen molar-refractivity contribution in [3.05, 3.63) is 39.8 Å². The largest absolute Gasteiger partial charge is 0.486 e. The normalized spacial score (nSPS) is 23.1. The topological polar surface area (TPSA) is 84.3 Å². The molecule has 4 heterocycles. The van der Waals surface area contributed by atoms with Gasteiger partial charge < -0.3 is 24.8 Å². The molecular formula is C26H29ClF2N6O2. The fourth-order valence-electron chi connectivity index (χ4n) is 5.27. The molecule has 1 aromatic carbocycles. The van der Waals surface area contributed by atoms with Gasteiger partial charge in [0.05, 0.1) is 24.0 Å². The molecule has 0 bridgehead atoms. The van der Waals surface area contributed by atoms with Gasteiger partial charge in [0.1, 0.15) is 5.02 Å². The highest BCUT2D eigenvalue weighted by Crippen LogP contribution is 2.41. The lowest BCUT2D eigenvalue weighted by Crippen LogP contribution is -2.46. The van der Waals surface area contributed by atoms with Gasteiger partial charge in [-0.25, -0.2) is 13.8 Å². The van der Waals surface area contributed by atoms with Gasteiger partial charge in [0.2, 0.25) is 11.7 Å². The second-order valence-electron chi connectivity index (χ2n) is 10.4. The standard InChI is InChI=1S/C26H29ClF2N6O2/c1-14-13-35(9-8-26(14,28)29)25-30-12-18(27)23(33-25)31-16-5-6-20-17(11-16)21-22(24(36)34(20)2)37-10-7-19(32-21)15-3-4-15/h5-6,11-12,14-15,19,32H,3-4,7-10,13H2,1-2H3,(H,30,31,33). The van der Waals surface area contributed by atoms with Gasteiger partial charge in [-0.15, -0.1) is 0 Å². The molecule has 2 unspecified atom stereocenters. The van der Waals surface area contributed by atoms with Crippen molar-refractivity contribution in [2.24, 2.45) is 18.9 Å². The molecule has 37 heavy (non-hydrogen) atoms. The number of rotatable bonds is 4. The number of ether oxygens (including phenoxy) is 1. The summed E-state index contributed by atoms with van der Waals surface area (Å²) in [7, 11) is 1.74. The first-order valence-electron chi connectivity index (χ1n) is 12.7. The summed E-state index contributed by atoms with van der Waals surface area (Å²) in [6.07, 6.45) is 4.46. The number of piperidine rings is 1. The monoisotopic (exact) mass is 530 g/mol. The van der Waals surface area contributed by atoms with Crippen LogP contribution in [0, 0.1) is 11.8 Å². The molecule has 11 heteroatoms. The molecule has 3 aliphatic rings. The third-order valence-corrected chi connectivity index (χ3v) is 8.03. The molecule has 2 aromatic heterocycles. The maximum Gasteiger partial charge on any atom is 0.295 e. The van der Waals surface area contributed by atoms with Crippen molar-refractivity contribution >= 4 is 45.6 Å². The van der Waals surface area contributed by atoms with Gasteiger partial charge in [0.25, 0.3) is 11.5 Å². The molecule has 2 N–H and O–H groups in total. The summed E-state index contributed by atoms with van der Waals surface area (Å²) < 4.78 is 35.5. The molecule has 3 aromatic rings. The minimum absolute atomic E-state index is 0.165. The van der Waals surface area contributed by atoms with Gasteiger partial charge in [0, 0.05) is 56.0 Å². The number of hydrogen-bond acceptors (Lipinski definition) is 7. The molecule has 1 saturated carbocycles. The molecule has 196 valence electrons. The van der Waals surface area contributed by atoms with Crippen LogP contribution in [0.2, 0.25) is 5.02 Å². The lowest BCUT2D eigenvalue weighted by atomic mass is 9.96. The van der Waals surface area contributed by atoms with E-state index in [-0.39, 0.29) is 31.1 Å². The predicted octanol–water partition coefficient (Wildman–Crippen LogP) is 5.18. The zero-order valence-electron chi connectivity index (χ0n) is 20.7. The summed E-state index contributed by atoms with van der Waals surface area (Å²) in [4.78, 5) is 23.7. The van der Waals surface area contributed by atoms with Crippen LogP contribution < -0.4 is 25.8 Å². The maximum atomic E-state index is 14.0. The highest BCUT2D eigenvalue weighted by Gasteiger charge is 2.42. The number of nitrogens with one attached hydrogen (secondary N) is 2. The van der Waals surface area contributed by atoms with Crippen molar-refractivity contribution in [3.8, 4) is 5.75 Å². The van der Waals surface area contributed by atoms with E-state index in [1.807, 2.05) is 18.2 Å². The van der Waals surface area contributed by atoms with Crippen LogP contribution in [0.5, 0.6) is 5.75 Å². The highest BCUT2D eigenvalue weighted by molar-refractivity contribution is 6.32. The number of aryl methyl sites for hydroxylation is 1. The highest BCUT2D eigenvalue weighted by atomic mass is 35.5. The second-order valence-corrected chi connectivity index (χ2v) is 10.8. The smallest absolute Gasteiger partial charge is 0.295 e. The summed E-state index contributed by atoms with van der Waals surface area (Å²) in [5.74, 6) is -1.81. The van der Waals surface area contributed by atoms with Crippen LogP contribution >= 0.6 is 11.6 Å². The van der Waals surface area contributed by atoms with Crippen molar-refractivity contribution in [2.45, 2.75) is 44.6 Å². The minimum Gasteiger partial charge on any atom is -0.486 e. The summed E-state index contributed by atoms with van der Waals surface area (Å²) in [6, 6.07) is 5.95. The zero-order chi connectivity index (χ0) is 25.9. The number of pyridine rings is 1. The molecular weight excluding hydrogens is 502 g/mol. The third-order valence-electron chi connectivity index (χ3n) is 7.76. The van der Waals surface area contributed by atoms with Crippen LogP contribution in [0.4, 0.5) is 31.9 Å². The van der Waals surface area contributed by atoms with E-state index in [9.17, 15) is 13.6 Å². The molecule has 2 aliphatic heterocycles. The summed E-state index contributed by atoms with van der Waals surface area (Å²) >= 11 is 6.42. The quantitative estimate of drug-likeness (QED) is 0.481. The average molecular weight is 531 g/mol. The van der Waals surface area contributed by atoms with Gasteiger partial charge in [0.15, 0.2) is 5.82 Å². The Balaban J connectivity index is 1.34. The van der Waals surface area contributed by atoms with E-state index >= 15 is 0 Å². The van der Waals surface area contributed by atoms with E-state index in [0.29, 0.717) is 46.4 Å². The van der Waals surface area contributed by atoms with E-state index in [0.717, 1.165) is 17.3 Å². The molecule has 8 nitrogen and oxygen atoms in total. The second kappa shape index (κ2) is 9.01. The third kappa shape index (κ3) is 4.45. The Morgan fingerprint density at radius 3 is 2.84 bits per heavy atom. The molecule has 6 rings (SSSR count). The van der Waals surface area contributed by atoms with Gasteiger partial charge in [-0.2, -0.15) is 4.98 Å². The zero-order valence-corrected chi connectivity index (χ0v) is 21.5. The molecule has 2 atom stereocenters. The van der Waals surface area contributed by atoms with Gasteiger partial charge in [-0.1, -0.05) is 18.5 Å². The lowest BCUT2D eigenvalue weighted by Gasteiger charge is -2.36. The number of alkyl halides is 2. The van der Waals surface area contributed by atoms with Crippen LogP contribution in [-0.2, 0) is 7.05 Å².